The minimum absolute atomic E-state index is 0.00863. The first-order valence-electron chi connectivity index (χ1n) is 9.19. The van der Waals surface area contributed by atoms with Crippen molar-refractivity contribution in [2.24, 2.45) is 11.8 Å². The molecule has 0 spiro atoms. The molecule has 2 rings (SSSR count). The van der Waals surface area contributed by atoms with Crippen LogP contribution < -0.4 is 4.74 Å². The Labute approximate surface area is 150 Å². The van der Waals surface area contributed by atoms with E-state index in [1.165, 1.54) is 5.57 Å². The highest BCUT2D eigenvalue weighted by atomic mass is 16.5. The molecular weight excluding hydrogens is 316 g/mol. The van der Waals surface area contributed by atoms with Gasteiger partial charge in [0.25, 0.3) is 0 Å². The predicted molar refractivity (Wildman–Crippen MR) is 100 cm³/mol. The smallest absolute Gasteiger partial charge is 0.340 e. The summed E-state index contributed by atoms with van der Waals surface area (Å²) in [5.41, 5.74) is 2.37. The summed E-state index contributed by atoms with van der Waals surface area (Å²) in [5, 5.41) is 20.3. The molecule has 1 aliphatic rings. The first kappa shape index (κ1) is 19.4. The number of benzene rings is 1. The van der Waals surface area contributed by atoms with Gasteiger partial charge in [0.2, 0.25) is 0 Å². The van der Waals surface area contributed by atoms with Gasteiger partial charge in [-0.05, 0) is 62.0 Å². The lowest BCUT2D eigenvalue weighted by Crippen LogP contribution is -2.07. The van der Waals surface area contributed by atoms with E-state index in [1.807, 2.05) is 6.08 Å². The van der Waals surface area contributed by atoms with Gasteiger partial charge in [-0.1, -0.05) is 32.4 Å². The molecule has 0 radical (unpaired) electrons. The summed E-state index contributed by atoms with van der Waals surface area (Å²) in [4.78, 5) is 11.8. The van der Waals surface area contributed by atoms with Crippen LogP contribution in [0.2, 0.25) is 0 Å². The van der Waals surface area contributed by atoms with Crippen molar-refractivity contribution >= 4 is 12.0 Å². The second kappa shape index (κ2) is 8.41. The fourth-order valence-corrected chi connectivity index (χ4v) is 3.40. The highest BCUT2D eigenvalue weighted by molar-refractivity contribution is 5.96. The Morgan fingerprint density at radius 1 is 1.36 bits per heavy atom. The summed E-state index contributed by atoms with van der Waals surface area (Å²) >= 11 is 0. The van der Waals surface area contributed by atoms with Gasteiger partial charge in [0.15, 0.2) is 0 Å². The Kier molecular flexibility index (Phi) is 6.51. The van der Waals surface area contributed by atoms with Gasteiger partial charge in [0.1, 0.15) is 17.1 Å². The van der Waals surface area contributed by atoms with Crippen LogP contribution in [0.3, 0.4) is 0 Å². The SMILES string of the molecule is COc1cc(C=C2CCC(C)CC2)c(C(=O)O)c(O)c1CCC(C)C. The lowest BCUT2D eigenvalue weighted by Gasteiger charge is -2.21. The van der Waals surface area contributed by atoms with E-state index in [9.17, 15) is 15.0 Å². The van der Waals surface area contributed by atoms with E-state index in [0.29, 0.717) is 29.2 Å². The number of allylic oxidation sites excluding steroid dienone is 1. The van der Waals surface area contributed by atoms with Crippen LogP contribution in [0.25, 0.3) is 6.08 Å². The molecule has 0 bridgehead atoms. The average molecular weight is 346 g/mol. The molecular formula is C21H30O4. The maximum absolute atomic E-state index is 11.8. The molecule has 1 aliphatic carbocycles. The molecule has 0 amide bonds. The fourth-order valence-electron chi connectivity index (χ4n) is 3.40. The largest absolute Gasteiger partial charge is 0.507 e. The standard InChI is InChI=1S/C21H30O4/c1-13(2)5-10-17-18(25-4)12-16(19(20(17)22)21(23)24)11-15-8-6-14(3)7-9-15/h11-14,22H,5-10H2,1-4H3,(H,23,24). The molecule has 4 nitrogen and oxygen atoms in total. The van der Waals surface area contributed by atoms with Crippen LogP contribution in [0, 0.1) is 11.8 Å². The number of carbonyl (C=O) groups is 1. The highest BCUT2D eigenvalue weighted by Gasteiger charge is 2.23. The van der Waals surface area contributed by atoms with Crippen LogP contribution >= 0.6 is 0 Å². The molecule has 138 valence electrons. The number of carboxylic acid groups (broad SMARTS) is 1. The number of hydrogen-bond acceptors (Lipinski definition) is 3. The van der Waals surface area contributed by atoms with Gasteiger partial charge in [-0.2, -0.15) is 0 Å². The zero-order valence-electron chi connectivity index (χ0n) is 15.8. The maximum Gasteiger partial charge on any atom is 0.340 e. The summed E-state index contributed by atoms with van der Waals surface area (Å²) in [6.45, 7) is 6.45. The molecule has 0 aliphatic heterocycles. The van der Waals surface area contributed by atoms with E-state index in [4.69, 9.17) is 4.74 Å². The molecule has 1 saturated carbocycles. The third kappa shape index (κ3) is 4.77. The molecule has 0 heterocycles. The van der Waals surface area contributed by atoms with Crippen LogP contribution in [0.5, 0.6) is 11.5 Å². The molecule has 1 fully saturated rings. The summed E-state index contributed by atoms with van der Waals surface area (Å²) in [6, 6.07) is 1.77. The minimum Gasteiger partial charge on any atom is -0.507 e. The van der Waals surface area contributed by atoms with Crippen LogP contribution in [-0.4, -0.2) is 23.3 Å². The second-order valence-corrected chi connectivity index (χ2v) is 7.59. The maximum atomic E-state index is 11.8. The zero-order chi connectivity index (χ0) is 18.6. The first-order valence-corrected chi connectivity index (χ1v) is 9.19. The first-order chi connectivity index (χ1) is 11.8. The lowest BCUT2D eigenvalue weighted by molar-refractivity contribution is 0.0693. The van der Waals surface area contributed by atoms with Gasteiger partial charge in [0.05, 0.1) is 7.11 Å². The second-order valence-electron chi connectivity index (χ2n) is 7.59. The molecule has 2 N–H and O–H groups in total. The van der Waals surface area contributed by atoms with E-state index in [2.05, 4.69) is 20.8 Å². The van der Waals surface area contributed by atoms with E-state index in [-0.39, 0.29) is 11.3 Å². The van der Waals surface area contributed by atoms with Crippen molar-refractivity contribution in [2.45, 2.75) is 59.3 Å². The Morgan fingerprint density at radius 2 is 2.00 bits per heavy atom. The number of rotatable bonds is 6. The number of phenols is 1. The number of hydrogen-bond donors (Lipinski definition) is 2. The number of aromatic hydroxyl groups is 1. The zero-order valence-corrected chi connectivity index (χ0v) is 15.8. The number of aromatic carboxylic acids is 1. The fraction of sp³-hybridized carbons (Fsp3) is 0.571. The lowest BCUT2D eigenvalue weighted by atomic mass is 9.85. The average Bonchev–Trinajstić information content (AvgIpc) is 2.55. The predicted octanol–water partition coefficient (Wildman–Crippen LogP) is 5.28. The van der Waals surface area contributed by atoms with E-state index < -0.39 is 5.97 Å². The topological polar surface area (TPSA) is 66.8 Å². The van der Waals surface area contributed by atoms with Crippen LogP contribution in [-0.2, 0) is 6.42 Å². The third-order valence-electron chi connectivity index (χ3n) is 5.08. The van der Waals surface area contributed by atoms with Gasteiger partial charge in [-0.3, -0.25) is 0 Å². The quantitative estimate of drug-likeness (QED) is 0.735. The summed E-state index contributed by atoms with van der Waals surface area (Å²) in [7, 11) is 1.56. The number of carboxylic acids is 1. The van der Waals surface area contributed by atoms with Crippen LogP contribution in [0.1, 0.15) is 74.4 Å². The number of methoxy groups -OCH3 is 1. The molecule has 4 heteroatoms. The van der Waals surface area contributed by atoms with Crippen LogP contribution in [0.4, 0.5) is 0 Å². The normalized spacial score (nSPS) is 17.6. The van der Waals surface area contributed by atoms with Crippen molar-refractivity contribution in [3.8, 4) is 11.5 Å². The van der Waals surface area contributed by atoms with Gasteiger partial charge in [-0.15, -0.1) is 0 Å². The molecule has 0 unspecified atom stereocenters. The molecule has 0 saturated heterocycles. The van der Waals surface area contributed by atoms with Crippen molar-refractivity contribution in [3.63, 3.8) is 0 Å². The van der Waals surface area contributed by atoms with Crippen molar-refractivity contribution in [1.29, 1.82) is 0 Å². The highest BCUT2D eigenvalue weighted by Crippen LogP contribution is 2.38. The third-order valence-corrected chi connectivity index (χ3v) is 5.08. The molecule has 1 aromatic rings. The Hall–Kier alpha value is -1.97. The van der Waals surface area contributed by atoms with Crippen LogP contribution in [0.15, 0.2) is 11.6 Å². The summed E-state index contributed by atoms with van der Waals surface area (Å²) in [6.07, 6.45) is 7.62. The Balaban J connectivity index is 2.47. The van der Waals surface area contributed by atoms with Crippen molar-refractivity contribution in [1.82, 2.24) is 0 Å². The van der Waals surface area contributed by atoms with Crippen molar-refractivity contribution in [3.05, 3.63) is 28.3 Å². The molecule has 0 aromatic heterocycles. The molecule has 0 atom stereocenters. The molecule has 25 heavy (non-hydrogen) atoms. The number of ether oxygens (including phenoxy) is 1. The monoisotopic (exact) mass is 346 g/mol. The van der Waals surface area contributed by atoms with Gasteiger partial charge in [-0.25, -0.2) is 4.79 Å². The molecule has 1 aromatic carbocycles. The Morgan fingerprint density at radius 3 is 2.52 bits per heavy atom. The van der Waals surface area contributed by atoms with E-state index >= 15 is 0 Å². The minimum atomic E-state index is -1.10. The van der Waals surface area contributed by atoms with E-state index in [0.717, 1.165) is 38.0 Å². The Bertz CT molecular complexity index is 648. The summed E-state index contributed by atoms with van der Waals surface area (Å²) in [5.74, 6) is 0.505. The van der Waals surface area contributed by atoms with Gasteiger partial charge in [0, 0.05) is 5.56 Å². The van der Waals surface area contributed by atoms with Crippen molar-refractivity contribution in [2.75, 3.05) is 7.11 Å². The van der Waals surface area contributed by atoms with Crippen molar-refractivity contribution < 1.29 is 19.7 Å². The van der Waals surface area contributed by atoms with Gasteiger partial charge >= 0.3 is 5.97 Å². The summed E-state index contributed by atoms with van der Waals surface area (Å²) < 4.78 is 5.46. The van der Waals surface area contributed by atoms with E-state index in [1.54, 1.807) is 13.2 Å². The van der Waals surface area contributed by atoms with Gasteiger partial charge < -0.3 is 14.9 Å².